The molecule has 0 aromatic carbocycles. The van der Waals surface area contributed by atoms with Crippen molar-refractivity contribution in [3.63, 3.8) is 0 Å². The Morgan fingerprint density at radius 3 is 2.62 bits per heavy atom. The number of rotatable bonds is 11. The van der Waals surface area contributed by atoms with E-state index in [0.717, 1.165) is 37.0 Å². The van der Waals surface area contributed by atoms with Crippen LogP contribution in [0.2, 0.25) is 0 Å². The van der Waals surface area contributed by atoms with E-state index >= 15 is 0 Å². The number of aryl methyl sites for hydroxylation is 1. The van der Waals surface area contributed by atoms with Crippen molar-refractivity contribution in [3.8, 4) is 0 Å². The molecule has 1 rings (SSSR count). The van der Waals surface area contributed by atoms with Crippen LogP contribution in [0.5, 0.6) is 0 Å². The molecular weight excluding hydrogens is 322 g/mol. The molecule has 0 aliphatic carbocycles. The van der Waals surface area contributed by atoms with Gasteiger partial charge in [-0.3, -0.25) is 9.59 Å². The van der Waals surface area contributed by atoms with E-state index in [-0.39, 0.29) is 18.4 Å². The van der Waals surface area contributed by atoms with E-state index in [9.17, 15) is 9.59 Å². The van der Waals surface area contributed by atoms with Gasteiger partial charge in [-0.25, -0.2) is 4.98 Å². The smallest absolute Gasteiger partial charge is 0.245 e. The van der Waals surface area contributed by atoms with Gasteiger partial charge in [0.15, 0.2) is 5.13 Å². The summed E-state index contributed by atoms with van der Waals surface area (Å²) in [5, 5.41) is 3.38. The van der Waals surface area contributed by atoms with Gasteiger partial charge in [-0.1, -0.05) is 40.0 Å². The average molecular weight is 354 g/mol. The second kappa shape index (κ2) is 11.2. The lowest BCUT2D eigenvalue weighted by Gasteiger charge is -2.23. The van der Waals surface area contributed by atoms with Gasteiger partial charge in [0.2, 0.25) is 11.8 Å². The van der Waals surface area contributed by atoms with Crippen molar-refractivity contribution < 1.29 is 9.59 Å². The van der Waals surface area contributed by atoms with Crippen LogP contribution < -0.4 is 5.32 Å². The Bertz CT molecular complexity index is 514. The monoisotopic (exact) mass is 353 g/mol. The lowest BCUT2D eigenvalue weighted by molar-refractivity contribution is -0.135. The lowest BCUT2D eigenvalue weighted by atomic mass is 10.1. The summed E-state index contributed by atoms with van der Waals surface area (Å²) in [4.78, 5) is 31.5. The zero-order chi connectivity index (χ0) is 17.9. The Hall–Kier alpha value is -1.43. The molecule has 0 saturated carbocycles. The molecule has 0 spiro atoms. The van der Waals surface area contributed by atoms with Gasteiger partial charge in [0.1, 0.15) is 0 Å². The van der Waals surface area contributed by atoms with Gasteiger partial charge in [0.25, 0.3) is 0 Å². The Morgan fingerprint density at radius 2 is 2.04 bits per heavy atom. The summed E-state index contributed by atoms with van der Waals surface area (Å²) in [7, 11) is 0. The van der Waals surface area contributed by atoms with E-state index < -0.39 is 0 Å². The molecule has 1 N–H and O–H groups in total. The molecule has 0 unspecified atom stereocenters. The molecule has 0 bridgehead atoms. The lowest BCUT2D eigenvalue weighted by Crippen LogP contribution is -2.39. The van der Waals surface area contributed by atoms with Crippen LogP contribution in [0.3, 0.4) is 0 Å². The predicted molar refractivity (Wildman–Crippen MR) is 100 cm³/mol. The molecule has 136 valence electrons. The Labute approximate surface area is 149 Å². The van der Waals surface area contributed by atoms with E-state index in [4.69, 9.17) is 0 Å². The zero-order valence-corrected chi connectivity index (χ0v) is 16.2. The first-order valence-corrected chi connectivity index (χ1v) is 9.74. The molecule has 0 fully saturated rings. The van der Waals surface area contributed by atoms with E-state index in [1.807, 2.05) is 6.92 Å². The summed E-state index contributed by atoms with van der Waals surface area (Å²) < 4.78 is 0. The van der Waals surface area contributed by atoms with Crippen molar-refractivity contribution >= 4 is 28.3 Å². The standard InChI is InChI=1S/C18H31N3O2S/c1-5-6-7-8-9-17(23)21(11-10-14(2)3)13-16(22)20-18-19-12-15(4)24-18/h12,14H,5-11,13H2,1-4H3,(H,19,20,22). The highest BCUT2D eigenvalue weighted by atomic mass is 32.1. The minimum absolute atomic E-state index is 0.0808. The number of nitrogens with one attached hydrogen (secondary N) is 1. The molecule has 6 heteroatoms. The number of unbranched alkanes of at least 4 members (excludes halogenated alkanes) is 3. The van der Waals surface area contributed by atoms with Gasteiger partial charge >= 0.3 is 0 Å². The zero-order valence-electron chi connectivity index (χ0n) is 15.4. The Balaban J connectivity index is 2.53. The summed E-state index contributed by atoms with van der Waals surface area (Å²) in [5.74, 6) is 0.414. The van der Waals surface area contributed by atoms with E-state index in [1.54, 1.807) is 11.1 Å². The highest BCUT2D eigenvalue weighted by molar-refractivity contribution is 7.15. The van der Waals surface area contributed by atoms with Crippen LogP contribution in [-0.4, -0.2) is 34.8 Å². The first kappa shape index (κ1) is 20.6. The third-order valence-corrected chi connectivity index (χ3v) is 4.60. The molecule has 5 nitrogen and oxygen atoms in total. The molecule has 24 heavy (non-hydrogen) atoms. The summed E-state index contributed by atoms with van der Waals surface area (Å²) in [6, 6.07) is 0. The highest BCUT2D eigenvalue weighted by Gasteiger charge is 2.18. The second-order valence-electron chi connectivity index (χ2n) is 6.63. The van der Waals surface area contributed by atoms with Crippen LogP contribution in [-0.2, 0) is 9.59 Å². The maximum atomic E-state index is 12.4. The van der Waals surface area contributed by atoms with Gasteiger partial charge < -0.3 is 10.2 Å². The predicted octanol–water partition coefficient (Wildman–Crippen LogP) is 4.24. The molecule has 1 heterocycles. The van der Waals surface area contributed by atoms with Crippen molar-refractivity contribution in [2.45, 2.75) is 66.2 Å². The van der Waals surface area contributed by atoms with Crippen LogP contribution in [0.15, 0.2) is 6.20 Å². The number of carbonyl (C=O) groups is 2. The minimum Gasteiger partial charge on any atom is -0.333 e. The molecular formula is C18H31N3O2S. The van der Waals surface area contributed by atoms with Crippen LogP contribution in [0.1, 0.15) is 64.2 Å². The molecule has 0 aliphatic heterocycles. The van der Waals surface area contributed by atoms with Crippen molar-refractivity contribution in [2.75, 3.05) is 18.4 Å². The minimum atomic E-state index is -0.171. The first-order chi connectivity index (χ1) is 11.4. The topological polar surface area (TPSA) is 62.3 Å². The SMILES string of the molecule is CCCCCCC(=O)N(CCC(C)C)CC(=O)Nc1ncc(C)s1. The summed E-state index contributed by atoms with van der Waals surface area (Å²) in [6.45, 7) is 9.10. The van der Waals surface area contributed by atoms with E-state index in [0.29, 0.717) is 24.0 Å². The number of aromatic nitrogens is 1. The van der Waals surface area contributed by atoms with Crippen LogP contribution in [0.25, 0.3) is 0 Å². The van der Waals surface area contributed by atoms with Crippen LogP contribution in [0, 0.1) is 12.8 Å². The number of amides is 2. The third kappa shape index (κ3) is 8.43. The Morgan fingerprint density at radius 1 is 1.29 bits per heavy atom. The summed E-state index contributed by atoms with van der Waals surface area (Å²) in [6.07, 6.45) is 7.45. The van der Waals surface area contributed by atoms with Crippen molar-refractivity contribution in [3.05, 3.63) is 11.1 Å². The van der Waals surface area contributed by atoms with Gasteiger partial charge in [-0.15, -0.1) is 11.3 Å². The maximum absolute atomic E-state index is 12.4. The quantitative estimate of drug-likeness (QED) is 0.605. The number of hydrogen-bond donors (Lipinski definition) is 1. The maximum Gasteiger partial charge on any atom is 0.245 e. The van der Waals surface area contributed by atoms with Crippen molar-refractivity contribution in [1.82, 2.24) is 9.88 Å². The van der Waals surface area contributed by atoms with Gasteiger partial charge in [0.05, 0.1) is 6.54 Å². The summed E-state index contributed by atoms with van der Waals surface area (Å²) >= 11 is 1.44. The fraction of sp³-hybridized carbons (Fsp3) is 0.722. The molecule has 1 aromatic heterocycles. The molecule has 2 amide bonds. The normalized spacial score (nSPS) is 10.9. The highest BCUT2D eigenvalue weighted by Crippen LogP contribution is 2.16. The molecule has 0 saturated heterocycles. The van der Waals surface area contributed by atoms with Crippen molar-refractivity contribution in [2.24, 2.45) is 5.92 Å². The average Bonchev–Trinajstić information content (AvgIpc) is 2.92. The molecule has 0 radical (unpaired) electrons. The third-order valence-electron chi connectivity index (χ3n) is 3.78. The van der Waals surface area contributed by atoms with Crippen molar-refractivity contribution in [1.29, 1.82) is 0 Å². The number of anilines is 1. The van der Waals surface area contributed by atoms with Gasteiger partial charge in [0, 0.05) is 24.0 Å². The van der Waals surface area contributed by atoms with Gasteiger partial charge in [-0.05, 0) is 25.7 Å². The van der Waals surface area contributed by atoms with E-state index in [1.165, 1.54) is 11.3 Å². The number of carbonyl (C=O) groups excluding carboxylic acids is 2. The van der Waals surface area contributed by atoms with Crippen LogP contribution in [0.4, 0.5) is 5.13 Å². The summed E-state index contributed by atoms with van der Waals surface area (Å²) in [5.41, 5.74) is 0. The van der Waals surface area contributed by atoms with Crippen LogP contribution >= 0.6 is 11.3 Å². The molecule has 0 atom stereocenters. The van der Waals surface area contributed by atoms with E-state index in [2.05, 4.69) is 31.1 Å². The number of nitrogens with zero attached hydrogens (tertiary/aromatic N) is 2. The number of thiazole rings is 1. The first-order valence-electron chi connectivity index (χ1n) is 8.92. The molecule has 1 aromatic rings. The fourth-order valence-corrected chi connectivity index (χ4v) is 2.99. The largest absolute Gasteiger partial charge is 0.333 e. The number of hydrogen-bond acceptors (Lipinski definition) is 4. The van der Waals surface area contributed by atoms with Gasteiger partial charge in [-0.2, -0.15) is 0 Å². The Kier molecular flexibility index (Phi) is 9.60. The molecule has 0 aliphatic rings. The second-order valence-corrected chi connectivity index (χ2v) is 7.87. The fourth-order valence-electron chi connectivity index (χ4n) is 2.31.